The smallest absolute Gasteiger partial charge is 0.241 e. The number of hydrogen-bond donors (Lipinski definition) is 2. The van der Waals surface area contributed by atoms with E-state index in [0.717, 1.165) is 52.9 Å². The van der Waals surface area contributed by atoms with Gasteiger partial charge < -0.3 is 10.6 Å². The summed E-state index contributed by atoms with van der Waals surface area (Å²) < 4.78 is 31.1. The SMILES string of the molecule is CC1CCN(C(=O)C(Cc2cc3c(N)nccc3s2)NS(=O)(=O)c2ccc3c(c2)CN(C(C)C)CC3)CC1.Cl.Cl. The van der Waals surface area contributed by atoms with Gasteiger partial charge in [-0.2, -0.15) is 4.72 Å². The first-order valence-corrected chi connectivity index (χ1v) is 15.7. The molecule has 2 aromatic heterocycles. The number of rotatable bonds is 7. The Morgan fingerprint density at radius 3 is 2.52 bits per heavy atom. The molecule has 0 spiro atoms. The maximum absolute atomic E-state index is 13.7. The molecule has 1 aromatic carbocycles. The zero-order valence-electron chi connectivity index (χ0n) is 23.1. The predicted molar refractivity (Wildman–Crippen MR) is 167 cm³/mol. The Labute approximate surface area is 253 Å². The number of nitrogens with zero attached hydrogens (tertiary/aromatic N) is 3. The molecule has 40 heavy (non-hydrogen) atoms. The number of halogens is 2. The van der Waals surface area contributed by atoms with Gasteiger partial charge in [-0.1, -0.05) is 13.0 Å². The van der Waals surface area contributed by atoms with E-state index in [1.807, 2.05) is 23.1 Å². The quantitative estimate of drug-likeness (QED) is 0.395. The van der Waals surface area contributed by atoms with Gasteiger partial charge in [-0.3, -0.25) is 9.69 Å². The number of thiophene rings is 1. The number of likely N-dealkylation sites (tertiary alicyclic amines) is 1. The van der Waals surface area contributed by atoms with Crippen LogP contribution < -0.4 is 10.5 Å². The number of carbonyl (C=O) groups is 1. The number of piperidine rings is 1. The van der Waals surface area contributed by atoms with Crippen LogP contribution >= 0.6 is 36.2 Å². The molecular formula is C28H39Cl2N5O3S2. The fraction of sp³-hybridized carbons (Fsp3) is 0.500. The number of nitrogens with two attached hydrogens (primary N) is 1. The number of sulfonamides is 1. The third-order valence-corrected chi connectivity index (χ3v) is 10.5. The predicted octanol–water partition coefficient (Wildman–Crippen LogP) is 4.64. The highest BCUT2D eigenvalue weighted by Crippen LogP contribution is 2.30. The number of benzene rings is 1. The molecule has 5 rings (SSSR count). The molecule has 8 nitrogen and oxygen atoms in total. The molecule has 220 valence electrons. The lowest BCUT2D eigenvalue weighted by molar-refractivity contribution is -0.134. The lowest BCUT2D eigenvalue weighted by Crippen LogP contribution is -2.51. The Morgan fingerprint density at radius 1 is 1.12 bits per heavy atom. The number of hydrogen-bond acceptors (Lipinski definition) is 7. The summed E-state index contributed by atoms with van der Waals surface area (Å²) >= 11 is 1.52. The topological polar surface area (TPSA) is 109 Å². The Morgan fingerprint density at radius 2 is 1.85 bits per heavy atom. The number of fused-ring (bicyclic) bond motifs is 2. The Kier molecular flexibility index (Phi) is 10.9. The van der Waals surface area contributed by atoms with Crippen LogP contribution in [0.15, 0.2) is 41.4 Å². The third-order valence-electron chi connectivity index (χ3n) is 7.88. The van der Waals surface area contributed by atoms with Gasteiger partial charge in [-0.05, 0) is 74.4 Å². The van der Waals surface area contributed by atoms with Gasteiger partial charge in [-0.15, -0.1) is 36.2 Å². The molecule has 1 unspecified atom stereocenters. The van der Waals surface area contributed by atoms with Crippen LogP contribution in [0.1, 0.15) is 49.6 Å². The molecule has 1 fully saturated rings. The minimum Gasteiger partial charge on any atom is -0.383 e. The van der Waals surface area contributed by atoms with E-state index in [1.54, 1.807) is 18.3 Å². The van der Waals surface area contributed by atoms with Crippen molar-refractivity contribution in [3.8, 4) is 0 Å². The molecule has 2 aliphatic heterocycles. The molecule has 1 amide bonds. The van der Waals surface area contributed by atoms with Crippen molar-refractivity contribution < 1.29 is 13.2 Å². The van der Waals surface area contributed by atoms with E-state index < -0.39 is 16.1 Å². The van der Waals surface area contributed by atoms with Crippen LogP contribution in [0.25, 0.3) is 10.1 Å². The fourth-order valence-corrected chi connectivity index (χ4v) is 7.74. The Bertz CT molecular complexity index is 1440. The van der Waals surface area contributed by atoms with Crippen molar-refractivity contribution in [3.63, 3.8) is 0 Å². The number of pyridine rings is 1. The minimum absolute atomic E-state index is 0. The summed E-state index contributed by atoms with van der Waals surface area (Å²) in [5.74, 6) is 0.823. The van der Waals surface area contributed by atoms with Crippen LogP contribution in [-0.4, -0.2) is 60.8 Å². The summed E-state index contributed by atoms with van der Waals surface area (Å²) in [6.45, 7) is 9.48. The van der Waals surface area contributed by atoms with Crippen LogP contribution in [0.2, 0.25) is 0 Å². The molecule has 0 radical (unpaired) electrons. The van der Waals surface area contributed by atoms with Gasteiger partial charge in [0, 0.05) is 59.8 Å². The zero-order valence-corrected chi connectivity index (χ0v) is 26.4. The first-order valence-electron chi connectivity index (χ1n) is 13.4. The molecule has 3 aromatic rings. The fourth-order valence-electron chi connectivity index (χ4n) is 5.39. The van der Waals surface area contributed by atoms with Crippen molar-refractivity contribution >= 4 is 68.0 Å². The first-order chi connectivity index (χ1) is 18.1. The average Bonchev–Trinajstić information content (AvgIpc) is 3.31. The molecule has 12 heteroatoms. The van der Waals surface area contributed by atoms with Gasteiger partial charge in [0.2, 0.25) is 15.9 Å². The summed E-state index contributed by atoms with van der Waals surface area (Å²) in [4.78, 5) is 23.1. The molecule has 1 saturated heterocycles. The van der Waals surface area contributed by atoms with Crippen LogP contribution in [0.5, 0.6) is 0 Å². The molecule has 1 atom stereocenters. The van der Waals surface area contributed by atoms with E-state index >= 15 is 0 Å². The van der Waals surface area contributed by atoms with Crippen molar-refractivity contribution in [1.29, 1.82) is 0 Å². The molecule has 0 bridgehead atoms. The van der Waals surface area contributed by atoms with Crippen molar-refractivity contribution in [2.24, 2.45) is 5.92 Å². The largest absolute Gasteiger partial charge is 0.383 e. The van der Waals surface area contributed by atoms with E-state index in [2.05, 4.69) is 35.4 Å². The van der Waals surface area contributed by atoms with Gasteiger partial charge in [0.15, 0.2) is 0 Å². The second-order valence-electron chi connectivity index (χ2n) is 11.0. The van der Waals surface area contributed by atoms with Crippen molar-refractivity contribution in [2.75, 3.05) is 25.4 Å². The monoisotopic (exact) mass is 627 g/mol. The third kappa shape index (κ3) is 7.09. The summed E-state index contributed by atoms with van der Waals surface area (Å²) in [7, 11) is -3.93. The minimum atomic E-state index is -3.93. The van der Waals surface area contributed by atoms with E-state index in [9.17, 15) is 13.2 Å². The molecule has 0 aliphatic carbocycles. The maximum atomic E-state index is 13.7. The summed E-state index contributed by atoms with van der Waals surface area (Å²) in [6, 6.07) is 8.67. The van der Waals surface area contributed by atoms with Crippen LogP contribution in [0.4, 0.5) is 5.82 Å². The first kappa shape index (κ1) is 32.6. The normalized spacial score (nSPS) is 17.2. The summed E-state index contributed by atoms with van der Waals surface area (Å²) in [6.07, 6.45) is 4.67. The number of carbonyl (C=O) groups excluding carboxylic acids is 1. The van der Waals surface area contributed by atoms with Crippen molar-refractivity contribution in [1.82, 2.24) is 19.5 Å². The molecule has 2 aliphatic rings. The van der Waals surface area contributed by atoms with Crippen LogP contribution in [0.3, 0.4) is 0 Å². The molecular weight excluding hydrogens is 589 g/mol. The molecule has 0 saturated carbocycles. The second-order valence-corrected chi connectivity index (χ2v) is 13.8. The number of anilines is 1. The number of nitrogen functional groups attached to an aromatic ring is 1. The van der Waals surface area contributed by atoms with E-state index in [4.69, 9.17) is 5.73 Å². The van der Waals surface area contributed by atoms with Crippen molar-refractivity contribution in [3.05, 3.63) is 52.5 Å². The molecule has 3 N–H and O–H groups in total. The highest BCUT2D eigenvalue weighted by molar-refractivity contribution is 7.89. The van der Waals surface area contributed by atoms with Gasteiger partial charge in [0.1, 0.15) is 11.9 Å². The Hall–Kier alpha value is -1.95. The zero-order chi connectivity index (χ0) is 27.0. The summed E-state index contributed by atoms with van der Waals surface area (Å²) in [5, 5.41) is 0.831. The highest BCUT2D eigenvalue weighted by Gasteiger charge is 2.32. The van der Waals surface area contributed by atoms with Crippen LogP contribution in [-0.2, 0) is 34.2 Å². The lowest BCUT2D eigenvalue weighted by atomic mass is 9.98. The number of amides is 1. The second kappa shape index (κ2) is 13.4. The van der Waals surface area contributed by atoms with E-state index in [-0.39, 0.29) is 42.0 Å². The molecule has 4 heterocycles. The van der Waals surface area contributed by atoms with Crippen LogP contribution in [0, 0.1) is 5.92 Å². The van der Waals surface area contributed by atoms with E-state index in [1.165, 1.54) is 16.9 Å². The average molecular weight is 629 g/mol. The van der Waals surface area contributed by atoms with Gasteiger partial charge in [0.05, 0.1) is 4.90 Å². The number of aromatic nitrogens is 1. The van der Waals surface area contributed by atoms with Gasteiger partial charge in [0.25, 0.3) is 0 Å². The standard InChI is InChI=1S/C28H37N5O3S2.2ClH/c1-18(2)33-13-9-20-4-5-23(14-21(20)17-33)38(35,36)31-25(28(34)32-11-7-19(3)8-12-32)16-22-15-24-26(37-22)6-10-30-27(24)29;;/h4-6,10,14-15,18-19,25,31H,7-9,11-13,16-17H2,1-3H3,(H2,29,30);2*1H. The van der Waals surface area contributed by atoms with Gasteiger partial charge in [-0.25, -0.2) is 13.4 Å². The van der Waals surface area contributed by atoms with Gasteiger partial charge >= 0.3 is 0 Å². The number of nitrogens with one attached hydrogen (secondary N) is 1. The maximum Gasteiger partial charge on any atom is 0.241 e. The van der Waals surface area contributed by atoms with Crippen molar-refractivity contribution in [2.45, 2.75) is 70.0 Å². The highest BCUT2D eigenvalue weighted by atomic mass is 35.5. The lowest BCUT2D eigenvalue weighted by Gasteiger charge is -2.33. The van der Waals surface area contributed by atoms with E-state index in [0.29, 0.717) is 30.9 Å². The summed E-state index contributed by atoms with van der Waals surface area (Å²) in [5.41, 5.74) is 8.28. The Balaban J connectivity index is 0.00000220.